The van der Waals surface area contributed by atoms with Crippen molar-refractivity contribution in [3.05, 3.63) is 49.3 Å². The number of halogens is 4. The molecule has 0 spiro atoms. The third kappa shape index (κ3) is 4.47. The van der Waals surface area contributed by atoms with Crippen LogP contribution in [0.25, 0.3) is 11.3 Å². The Kier molecular flexibility index (Phi) is 7.23. The third-order valence-electron chi connectivity index (χ3n) is 2.58. The van der Waals surface area contributed by atoms with Crippen molar-refractivity contribution in [2.24, 2.45) is 0 Å². The molecule has 0 bridgehead atoms. The molecule has 0 saturated carbocycles. The fourth-order valence-corrected chi connectivity index (χ4v) is 2.44. The van der Waals surface area contributed by atoms with Gasteiger partial charge in [-0.05, 0) is 20.7 Å². The van der Waals surface area contributed by atoms with Gasteiger partial charge >= 0.3 is 0 Å². The van der Waals surface area contributed by atoms with Crippen LogP contribution in [0.2, 0.25) is 5.02 Å². The number of aromatic nitrogens is 1. The van der Waals surface area contributed by atoms with Crippen molar-refractivity contribution in [3.63, 3.8) is 0 Å². The van der Waals surface area contributed by atoms with Crippen molar-refractivity contribution >= 4 is 34.2 Å². The van der Waals surface area contributed by atoms with E-state index >= 15 is 0 Å². The zero-order chi connectivity index (χ0) is 14.9. The van der Waals surface area contributed by atoms with E-state index in [1.807, 2.05) is 0 Å². The second-order valence-corrected chi connectivity index (χ2v) is 5.53. The maximum Gasteiger partial charge on any atom is 0.256 e. The largest absolute Gasteiger partial charge is 0.508 e. The maximum absolute atomic E-state index is 12.6. The zero-order valence-corrected chi connectivity index (χ0v) is 16.2. The minimum Gasteiger partial charge on any atom is -0.508 e. The molecular weight excluding hydrogens is 491 g/mol. The Morgan fingerprint density at radius 3 is 2.67 bits per heavy atom. The number of pyridine rings is 1. The SMILES string of the molecule is O=c1c(I)c[c-]c(-c2ccc(O)cc2Cl)n1CC(F)F.[Y]. The Balaban J connectivity index is 0.00000220. The molecule has 21 heavy (non-hydrogen) atoms. The molecule has 0 aliphatic heterocycles. The summed E-state index contributed by atoms with van der Waals surface area (Å²) in [6.45, 7) is -0.737. The number of benzene rings is 1. The van der Waals surface area contributed by atoms with Gasteiger partial charge in [0, 0.05) is 32.7 Å². The fourth-order valence-electron chi connectivity index (χ4n) is 1.73. The molecule has 0 aliphatic rings. The van der Waals surface area contributed by atoms with Crippen LogP contribution < -0.4 is 5.56 Å². The van der Waals surface area contributed by atoms with Crippen molar-refractivity contribution in [1.29, 1.82) is 0 Å². The van der Waals surface area contributed by atoms with Gasteiger partial charge in [-0.25, -0.2) is 8.78 Å². The minimum atomic E-state index is -2.67. The zero-order valence-electron chi connectivity index (χ0n) is 10.5. The first-order chi connectivity index (χ1) is 9.40. The average molecular weight is 499 g/mol. The Hall–Kier alpha value is -0.0461. The number of alkyl halides is 2. The molecule has 0 atom stereocenters. The Morgan fingerprint density at radius 1 is 1.43 bits per heavy atom. The van der Waals surface area contributed by atoms with E-state index in [1.54, 1.807) is 22.6 Å². The van der Waals surface area contributed by atoms with Crippen LogP contribution in [-0.4, -0.2) is 16.1 Å². The van der Waals surface area contributed by atoms with E-state index < -0.39 is 18.5 Å². The number of rotatable bonds is 3. The molecule has 0 unspecified atom stereocenters. The minimum absolute atomic E-state index is 0. The quantitative estimate of drug-likeness (QED) is 0.519. The number of nitrogens with zero attached hydrogens (tertiary/aromatic N) is 1. The van der Waals surface area contributed by atoms with Gasteiger partial charge in [-0.3, -0.25) is 4.79 Å². The van der Waals surface area contributed by atoms with Crippen molar-refractivity contribution in [2.45, 2.75) is 13.0 Å². The molecule has 1 aromatic heterocycles. The summed E-state index contributed by atoms with van der Waals surface area (Å²) in [4.78, 5) is 12.0. The standard InChI is InChI=1S/C13H8ClF2INO2.Y/c14-9-5-7(19)1-2-8(9)11-4-3-10(17)13(20)18(11)6-12(15)16;/h1-3,5,12,19H,6H2;/q-1;. The number of aromatic hydroxyl groups is 1. The van der Waals surface area contributed by atoms with Gasteiger partial charge in [0.1, 0.15) is 5.75 Å². The van der Waals surface area contributed by atoms with Gasteiger partial charge in [0.15, 0.2) is 0 Å². The Bertz CT molecular complexity index is 709. The van der Waals surface area contributed by atoms with Crippen molar-refractivity contribution in [1.82, 2.24) is 4.57 Å². The van der Waals surface area contributed by atoms with Gasteiger partial charge in [-0.15, -0.1) is 28.7 Å². The molecule has 0 saturated heterocycles. The van der Waals surface area contributed by atoms with Gasteiger partial charge in [-0.1, -0.05) is 22.9 Å². The first kappa shape index (κ1) is 19.0. The van der Waals surface area contributed by atoms with Gasteiger partial charge in [0.05, 0.1) is 6.54 Å². The van der Waals surface area contributed by atoms with Gasteiger partial charge in [0.25, 0.3) is 6.43 Å². The van der Waals surface area contributed by atoms with E-state index in [1.165, 1.54) is 24.3 Å². The van der Waals surface area contributed by atoms with E-state index in [-0.39, 0.29) is 49.2 Å². The summed E-state index contributed by atoms with van der Waals surface area (Å²) in [6, 6.07) is 8.30. The molecule has 0 amide bonds. The molecular formula is C13H8ClF2INO2Y-. The van der Waals surface area contributed by atoms with Gasteiger partial charge in [0.2, 0.25) is 5.56 Å². The summed E-state index contributed by atoms with van der Waals surface area (Å²) in [5, 5.41) is 9.47. The van der Waals surface area contributed by atoms with Crippen LogP contribution in [0.1, 0.15) is 0 Å². The Labute approximate surface area is 163 Å². The molecule has 109 valence electrons. The van der Waals surface area contributed by atoms with E-state index in [9.17, 15) is 18.7 Å². The first-order valence-electron chi connectivity index (χ1n) is 5.48. The molecule has 1 radical (unpaired) electrons. The van der Waals surface area contributed by atoms with Crippen LogP contribution >= 0.6 is 34.2 Å². The average Bonchev–Trinajstić information content (AvgIpc) is 2.36. The summed E-state index contributed by atoms with van der Waals surface area (Å²) < 4.78 is 26.5. The monoisotopic (exact) mass is 499 g/mol. The summed E-state index contributed by atoms with van der Waals surface area (Å²) in [5.74, 6) is -0.0491. The number of phenolic OH excluding ortho intramolecular Hbond substituents is 1. The number of hydrogen-bond donors (Lipinski definition) is 1. The summed E-state index contributed by atoms with van der Waals surface area (Å²) in [7, 11) is 0. The van der Waals surface area contributed by atoms with Crippen molar-refractivity contribution < 1.29 is 46.6 Å². The second kappa shape index (κ2) is 7.99. The second-order valence-electron chi connectivity index (χ2n) is 3.96. The summed E-state index contributed by atoms with van der Waals surface area (Å²) in [6.07, 6.45) is -2.67. The van der Waals surface area contributed by atoms with E-state index in [4.69, 9.17) is 11.6 Å². The molecule has 0 fully saturated rings. The molecule has 2 aromatic rings. The normalized spacial score (nSPS) is 10.5. The van der Waals surface area contributed by atoms with Crippen LogP contribution in [0.3, 0.4) is 0 Å². The summed E-state index contributed by atoms with van der Waals surface area (Å²) >= 11 is 7.74. The van der Waals surface area contributed by atoms with Crippen LogP contribution in [0.15, 0.2) is 29.1 Å². The smallest absolute Gasteiger partial charge is 0.256 e. The summed E-state index contributed by atoms with van der Waals surface area (Å²) in [5.41, 5.74) is 0.00289. The molecule has 1 aromatic carbocycles. The van der Waals surface area contributed by atoms with Gasteiger partial charge in [-0.2, -0.15) is 12.1 Å². The van der Waals surface area contributed by atoms with Crippen molar-refractivity contribution in [3.8, 4) is 17.0 Å². The molecule has 8 heteroatoms. The van der Waals surface area contributed by atoms with Crippen LogP contribution in [-0.2, 0) is 39.3 Å². The molecule has 1 heterocycles. The third-order valence-corrected chi connectivity index (χ3v) is 3.67. The Morgan fingerprint density at radius 2 is 2.10 bits per heavy atom. The molecule has 0 aliphatic carbocycles. The van der Waals surface area contributed by atoms with Crippen LogP contribution in [0.5, 0.6) is 5.75 Å². The predicted molar refractivity (Wildman–Crippen MR) is 80.4 cm³/mol. The number of phenols is 1. The molecule has 1 N–H and O–H groups in total. The molecule has 3 nitrogen and oxygen atoms in total. The van der Waals surface area contributed by atoms with Crippen molar-refractivity contribution in [2.75, 3.05) is 0 Å². The number of hydrogen-bond acceptors (Lipinski definition) is 2. The van der Waals surface area contributed by atoms with Crippen LogP contribution in [0.4, 0.5) is 8.78 Å². The maximum atomic E-state index is 12.6. The van der Waals surface area contributed by atoms with E-state index in [0.29, 0.717) is 9.13 Å². The van der Waals surface area contributed by atoms with Gasteiger partial charge < -0.3 is 9.67 Å². The van der Waals surface area contributed by atoms with E-state index in [0.717, 1.165) is 4.57 Å². The molecule has 2 rings (SSSR count). The predicted octanol–water partition coefficient (Wildman–Crippen LogP) is 3.54. The fraction of sp³-hybridized carbons (Fsp3) is 0.154. The topological polar surface area (TPSA) is 42.2 Å². The van der Waals surface area contributed by atoms with E-state index in [2.05, 4.69) is 6.07 Å². The van der Waals surface area contributed by atoms with Crippen LogP contribution in [0, 0.1) is 9.64 Å². The first-order valence-corrected chi connectivity index (χ1v) is 6.94.